The van der Waals surface area contributed by atoms with Crippen molar-refractivity contribution in [2.45, 2.75) is 12.5 Å². The number of phenols is 1. The molecule has 0 spiro atoms. The molecule has 0 aliphatic rings. The fraction of sp³-hybridized carbons (Fsp3) is 0.0741. The van der Waals surface area contributed by atoms with Crippen molar-refractivity contribution in [1.82, 2.24) is 5.43 Å². The van der Waals surface area contributed by atoms with Crippen molar-refractivity contribution in [2.24, 2.45) is 5.10 Å². The number of rotatable bonds is 9. The molecule has 7 heteroatoms. The van der Waals surface area contributed by atoms with E-state index in [2.05, 4.69) is 32.2 Å². The van der Waals surface area contributed by atoms with Crippen LogP contribution < -0.4 is 16.3 Å². The number of halogens is 2. The lowest BCUT2D eigenvalue weighted by Crippen LogP contribution is -2.29. The molecule has 0 bridgehead atoms. The Morgan fingerprint density at radius 3 is 2.18 bits per heavy atom. The number of aromatic hydroxyl groups is 1. The third-order valence-electron chi connectivity index (χ3n) is 5.20. The monoisotopic (exact) mass is 534 g/mol. The lowest BCUT2D eigenvalue weighted by molar-refractivity contribution is 0.473. The Balaban J connectivity index is 1.67. The molecule has 0 saturated heterocycles. The van der Waals surface area contributed by atoms with Crippen LogP contribution in [-0.4, -0.2) is 10.8 Å². The number of para-hydroxylation sites is 2. The van der Waals surface area contributed by atoms with E-state index >= 15 is 0 Å². The van der Waals surface area contributed by atoms with Crippen LogP contribution in [0.25, 0.3) is 0 Å². The number of hydrogen-bond donors (Lipinski definition) is 4. The Kier molecular flexibility index (Phi) is 8.20. The fourth-order valence-electron chi connectivity index (χ4n) is 3.43. The van der Waals surface area contributed by atoms with Crippen LogP contribution in [0.4, 0.5) is 11.4 Å². The number of nitrogens with one attached hydrogen (secondary N) is 3. The van der Waals surface area contributed by atoms with Gasteiger partial charge >= 0.3 is 0 Å². The zero-order valence-electron chi connectivity index (χ0n) is 18.2. The number of phenolic OH excluding ortho intramolecular Hbond substituents is 1. The summed E-state index contributed by atoms with van der Waals surface area (Å²) >= 11 is 9.65. The van der Waals surface area contributed by atoms with Gasteiger partial charge in [0.2, 0.25) is 0 Å². The summed E-state index contributed by atoms with van der Waals surface area (Å²) in [5, 5.41) is 16.0. The van der Waals surface area contributed by atoms with E-state index in [1.54, 1.807) is 12.1 Å². The maximum atomic E-state index is 10.6. The number of anilines is 2. The van der Waals surface area contributed by atoms with Gasteiger partial charge in [-0.15, -0.1) is 0 Å². The first-order chi connectivity index (χ1) is 16.6. The smallest absolute Gasteiger partial charge is 0.124 e. The molecule has 1 atom stereocenters. The number of hydrogen-bond acceptors (Lipinski definition) is 5. The summed E-state index contributed by atoms with van der Waals surface area (Å²) in [4.78, 5) is 0. The lowest BCUT2D eigenvalue weighted by atomic mass is 9.97. The normalized spacial score (nSPS) is 12.2. The first kappa shape index (κ1) is 23.8. The highest BCUT2D eigenvalue weighted by atomic mass is 79.9. The Labute approximate surface area is 212 Å². The molecule has 34 heavy (non-hydrogen) atoms. The Morgan fingerprint density at radius 1 is 0.853 bits per heavy atom. The summed E-state index contributed by atoms with van der Waals surface area (Å²) < 4.78 is 0.853. The van der Waals surface area contributed by atoms with Crippen molar-refractivity contribution in [2.75, 3.05) is 10.9 Å². The topological polar surface area (TPSA) is 68.7 Å². The highest BCUT2D eigenvalue weighted by molar-refractivity contribution is 9.10. The van der Waals surface area contributed by atoms with Gasteiger partial charge < -0.3 is 10.5 Å². The van der Waals surface area contributed by atoms with Gasteiger partial charge in [0.1, 0.15) is 5.75 Å². The largest absolute Gasteiger partial charge is 0.507 e. The number of hydrazine groups is 1. The molecule has 0 aromatic heterocycles. The minimum atomic E-state index is -0.174. The molecule has 4 aromatic carbocycles. The zero-order valence-corrected chi connectivity index (χ0v) is 20.6. The number of benzene rings is 4. The van der Waals surface area contributed by atoms with E-state index in [0.717, 1.165) is 21.4 Å². The Bertz CT molecular complexity index is 1230. The minimum absolute atomic E-state index is 0.155. The van der Waals surface area contributed by atoms with Gasteiger partial charge in [0, 0.05) is 27.2 Å². The van der Waals surface area contributed by atoms with Crippen LogP contribution in [0.2, 0.25) is 5.02 Å². The standard InChI is InChI=1S/C27H24BrClN4O/c28-20-13-16-27(34)24(17-20)26(33-31-23-9-5-2-6-10-23)18-25(19-11-14-21(29)15-12-19)32-30-22-7-3-1-4-8-22/h1-17,25,30-32,34H,18H2/b33-26+/t25-/m1/s1. The molecule has 0 aliphatic carbocycles. The fourth-order valence-corrected chi connectivity index (χ4v) is 3.92. The second-order valence-electron chi connectivity index (χ2n) is 7.64. The molecule has 0 heterocycles. The van der Waals surface area contributed by atoms with E-state index in [0.29, 0.717) is 22.7 Å². The molecule has 4 N–H and O–H groups in total. The van der Waals surface area contributed by atoms with Crippen molar-refractivity contribution < 1.29 is 5.11 Å². The molecule has 0 fully saturated rings. The summed E-state index contributed by atoms with van der Waals surface area (Å²) in [6.45, 7) is 0. The van der Waals surface area contributed by atoms with Crippen LogP contribution in [0.3, 0.4) is 0 Å². The zero-order chi connectivity index (χ0) is 23.8. The summed E-state index contributed by atoms with van der Waals surface area (Å²) in [7, 11) is 0. The third kappa shape index (κ3) is 6.60. The first-order valence-electron chi connectivity index (χ1n) is 10.8. The molecule has 5 nitrogen and oxygen atoms in total. The van der Waals surface area contributed by atoms with Crippen LogP contribution >= 0.6 is 27.5 Å². The SMILES string of the molecule is Oc1ccc(Br)cc1/C(C[C@@H](NNc1ccccc1)c1ccc(Cl)cc1)=N/Nc1ccccc1. The van der Waals surface area contributed by atoms with Gasteiger partial charge in [-0.05, 0) is 60.2 Å². The molecule has 0 amide bonds. The Morgan fingerprint density at radius 2 is 1.50 bits per heavy atom. The average Bonchev–Trinajstić information content (AvgIpc) is 2.87. The number of hydrazone groups is 1. The Hall–Kier alpha value is -3.32. The van der Waals surface area contributed by atoms with E-state index in [1.807, 2.05) is 91.0 Å². The van der Waals surface area contributed by atoms with Gasteiger partial charge in [0.05, 0.1) is 17.4 Å². The number of nitrogens with zero attached hydrogens (tertiary/aromatic N) is 1. The van der Waals surface area contributed by atoms with Crippen molar-refractivity contribution in [3.8, 4) is 5.75 Å². The molecular formula is C27H24BrClN4O. The van der Waals surface area contributed by atoms with Gasteiger partial charge in [-0.25, -0.2) is 5.43 Å². The minimum Gasteiger partial charge on any atom is -0.507 e. The summed E-state index contributed by atoms with van der Waals surface area (Å²) in [6, 6.07) is 32.4. The first-order valence-corrected chi connectivity index (χ1v) is 11.9. The predicted octanol–water partition coefficient (Wildman–Crippen LogP) is 7.37. The third-order valence-corrected chi connectivity index (χ3v) is 5.94. The molecule has 0 unspecified atom stereocenters. The van der Waals surface area contributed by atoms with Crippen molar-refractivity contribution >= 4 is 44.6 Å². The van der Waals surface area contributed by atoms with Gasteiger partial charge in [-0.3, -0.25) is 5.43 Å². The molecular weight excluding hydrogens is 512 g/mol. The van der Waals surface area contributed by atoms with Crippen LogP contribution in [0.5, 0.6) is 5.75 Å². The van der Waals surface area contributed by atoms with Crippen molar-refractivity contribution in [1.29, 1.82) is 0 Å². The second kappa shape index (κ2) is 11.7. The maximum absolute atomic E-state index is 10.6. The van der Waals surface area contributed by atoms with Crippen molar-refractivity contribution in [3.63, 3.8) is 0 Å². The van der Waals surface area contributed by atoms with E-state index in [-0.39, 0.29) is 11.8 Å². The van der Waals surface area contributed by atoms with Gasteiger partial charge in [0.25, 0.3) is 0 Å². The lowest BCUT2D eigenvalue weighted by Gasteiger charge is -2.22. The van der Waals surface area contributed by atoms with E-state index < -0.39 is 0 Å². The van der Waals surface area contributed by atoms with Crippen LogP contribution in [0.15, 0.2) is 113 Å². The van der Waals surface area contributed by atoms with E-state index in [9.17, 15) is 5.11 Å². The summed E-state index contributed by atoms with van der Waals surface area (Å²) in [6.07, 6.45) is 0.477. The summed E-state index contributed by atoms with van der Waals surface area (Å²) in [5.74, 6) is 0.155. The summed E-state index contributed by atoms with van der Waals surface area (Å²) in [5.41, 5.74) is 14.0. The van der Waals surface area contributed by atoms with Crippen LogP contribution in [0, 0.1) is 0 Å². The molecule has 172 valence electrons. The van der Waals surface area contributed by atoms with Crippen molar-refractivity contribution in [3.05, 3.63) is 124 Å². The van der Waals surface area contributed by atoms with E-state index in [1.165, 1.54) is 0 Å². The molecule has 0 aliphatic heterocycles. The molecule has 0 saturated carbocycles. The highest BCUT2D eigenvalue weighted by Crippen LogP contribution is 2.28. The van der Waals surface area contributed by atoms with Crippen LogP contribution in [-0.2, 0) is 0 Å². The quantitative estimate of drug-likeness (QED) is 0.133. The second-order valence-corrected chi connectivity index (χ2v) is 8.99. The van der Waals surface area contributed by atoms with Gasteiger partial charge in [-0.2, -0.15) is 5.10 Å². The van der Waals surface area contributed by atoms with Gasteiger partial charge in [0.15, 0.2) is 0 Å². The average molecular weight is 536 g/mol. The molecule has 4 rings (SSSR count). The predicted molar refractivity (Wildman–Crippen MR) is 144 cm³/mol. The highest BCUT2D eigenvalue weighted by Gasteiger charge is 2.19. The van der Waals surface area contributed by atoms with Crippen LogP contribution in [0.1, 0.15) is 23.6 Å². The molecule has 0 radical (unpaired) electrons. The van der Waals surface area contributed by atoms with Gasteiger partial charge in [-0.1, -0.05) is 76.1 Å². The van der Waals surface area contributed by atoms with E-state index in [4.69, 9.17) is 16.7 Å². The maximum Gasteiger partial charge on any atom is 0.124 e. The molecule has 4 aromatic rings.